The molecule has 0 amide bonds. The van der Waals surface area contributed by atoms with Gasteiger partial charge >= 0.3 is 0 Å². The van der Waals surface area contributed by atoms with Crippen molar-refractivity contribution in [3.05, 3.63) is 0 Å². The smallest absolute Gasteiger partial charge is 0.155 e. The lowest BCUT2D eigenvalue weighted by Gasteiger charge is -2.38. The van der Waals surface area contributed by atoms with E-state index in [4.69, 9.17) is 0 Å². The van der Waals surface area contributed by atoms with E-state index in [1.165, 1.54) is 38.5 Å². The Bertz CT molecular complexity index is 258. The topological polar surface area (TPSA) is 20.3 Å². The Labute approximate surface area is 106 Å². The molecule has 0 atom stereocenters. The van der Waals surface area contributed by atoms with Gasteiger partial charge in [-0.05, 0) is 52.6 Å². The maximum absolute atomic E-state index is 12.6. The quantitative estimate of drug-likeness (QED) is 0.750. The lowest BCUT2D eigenvalue weighted by atomic mass is 9.86. The van der Waals surface area contributed by atoms with Gasteiger partial charge in [-0.1, -0.05) is 25.7 Å². The molecule has 1 aliphatic carbocycles. The minimum atomic E-state index is -0.223. The second kappa shape index (κ2) is 5.51. The molecule has 2 fully saturated rings. The van der Waals surface area contributed by atoms with Crippen LogP contribution >= 0.6 is 0 Å². The SMILES string of the molecule is CC(C)(C(=O)C1CCCC1)N1CCCCCC1. The first-order chi connectivity index (χ1) is 8.12. The first-order valence-electron chi connectivity index (χ1n) is 7.42. The first-order valence-corrected chi connectivity index (χ1v) is 7.42. The second-order valence-electron chi connectivity index (χ2n) is 6.31. The summed E-state index contributed by atoms with van der Waals surface area (Å²) >= 11 is 0. The third-order valence-electron chi connectivity index (χ3n) is 4.73. The van der Waals surface area contributed by atoms with E-state index in [9.17, 15) is 4.79 Å². The predicted octanol–water partition coefficient (Wildman–Crippen LogP) is 3.40. The molecule has 0 bridgehead atoms. The van der Waals surface area contributed by atoms with E-state index in [1.807, 2.05) is 0 Å². The van der Waals surface area contributed by atoms with Gasteiger partial charge in [0.25, 0.3) is 0 Å². The molecule has 1 saturated heterocycles. The van der Waals surface area contributed by atoms with Crippen molar-refractivity contribution in [2.75, 3.05) is 13.1 Å². The van der Waals surface area contributed by atoms with E-state index in [1.54, 1.807) is 0 Å². The monoisotopic (exact) mass is 237 g/mol. The molecule has 0 N–H and O–H groups in total. The summed E-state index contributed by atoms with van der Waals surface area (Å²) in [6.45, 7) is 6.54. The van der Waals surface area contributed by atoms with Gasteiger partial charge in [0.15, 0.2) is 5.78 Å². The lowest BCUT2D eigenvalue weighted by molar-refractivity contribution is -0.133. The number of Topliss-reactive ketones (excluding diaryl/α,β-unsaturated/α-hetero) is 1. The highest BCUT2D eigenvalue weighted by atomic mass is 16.1. The lowest BCUT2D eigenvalue weighted by Crippen LogP contribution is -2.52. The first kappa shape index (κ1) is 13.1. The number of likely N-dealkylation sites (tertiary alicyclic amines) is 1. The molecule has 0 aromatic rings. The molecule has 0 radical (unpaired) electrons. The average molecular weight is 237 g/mol. The highest BCUT2D eigenvalue weighted by Gasteiger charge is 2.39. The second-order valence-corrected chi connectivity index (χ2v) is 6.31. The van der Waals surface area contributed by atoms with E-state index in [0.29, 0.717) is 11.7 Å². The number of hydrogen-bond acceptors (Lipinski definition) is 2. The highest BCUT2D eigenvalue weighted by molar-refractivity contribution is 5.89. The van der Waals surface area contributed by atoms with Gasteiger partial charge in [0.1, 0.15) is 0 Å². The molecule has 1 aliphatic heterocycles. The molecule has 0 unspecified atom stereocenters. The van der Waals surface area contributed by atoms with Crippen molar-refractivity contribution in [1.82, 2.24) is 4.90 Å². The van der Waals surface area contributed by atoms with Crippen molar-refractivity contribution in [1.29, 1.82) is 0 Å². The average Bonchev–Trinajstić information content (AvgIpc) is 2.69. The number of carbonyl (C=O) groups excluding carboxylic acids is 1. The Morgan fingerprint density at radius 1 is 0.941 bits per heavy atom. The van der Waals surface area contributed by atoms with E-state index in [-0.39, 0.29) is 5.54 Å². The van der Waals surface area contributed by atoms with Gasteiger partial charge < -0.3 is 0 Å². The molecular formula is C15H27NO. The van der Waals surface area contributed by atoms with Crippen LogP contribution in [0.2, 0.25) is 0 Å². The minimum Gasteiger partial charge on any atom is -0.297 e. The molecular weight excluding hydrogens is 210 g/mol. The fraction of sp³-hybridized carbons (Fsp3) is 0.933. The Balaban J connectivity index is 2.01. The fourth-order valence-electron chi connectivity index (χ4n) is 3.47. The zero-order chi connectivity index (χ0) is 12.3. The minimum absolute atomic E-state index is 0.223. The highest BCUT2D eigenvalue weighted by Crippen LogP contribution is 2.32. The predicted molar refractivity (Wildman–Crippen MR) is 71.1 cm³/mol. The fourth-order valence-corrected chi connectivity index (χ4v) is 3.47. The summed E-state index contributed by atoms with van der Waals surface area (Å²) in [7, 11) is 0. The van der Waals surface area contributed by atoms with Gasteiger partial charge in [0.2, 0.25) is 0 Å². The van der Waals surface area contributed by atoms with Gasteiger partial charge in [-0.2, -0.15) is 0 Å². The molecule has 0 aromatic heterocycles. The maximum Gasteiger partial charge on any atom is 0.155 e. The molecule has 2 rings (SSSR count). The Morgan fingerprint density at radius 2 is 1.47 bits per heavy atom. The van der Waals surface area contributed by atoms with E-state index in [2.05, 4.69) is 18.7 Å². The van der Waals surface area contributed by atoms with Crippen LogP contribution in [0.1, 0.15) is 65.2 Å². The number of hydrogen-bond donors (Lipinski definition) is 0. The van der Waals surface area contributed by atoms with E-state index >= 15 is 0 Å². The third-order valence-corrected chi connectivity index (χ3v) is 4.73. The van der Waals surface area contributed by atoms with Crippen molar-refractivity contribution in [3.63, 3.8) is 0 Å². The van der Waals surface area contributed by atoms with Crippen LogP contribution in [-0.2, 0) is 4.79 Å². The van der Waals surface area contributed by atoms with Crippen LogP contribution in [0.25, 0.3) is 0 Å². The zero-order valence-electron chi connectivity index (χ0n) is 11.5. The number of nitrogens with zero attached hydrogens (tertiary/aromatic N) is 1. The van der Waals surface area contributed by atoms with E-state index < -0.39 is 0 Å². The van der Waals surface area contributed by atoms with Gasteiger partial charge in [0, 0.05) is 5.92 Å². The largest absolute Gasteiger partial charge is 0.297 e. The standard InChI is InChI=1S/C15H27NO/c1-15(2,14(17)13-9-5-6-10-13)16-11-7-3-4-8-12-16/h13H,3-12H2,1-2H3. The van der Waals surface area contributed by atoms with Crippen molar-refractivity contribution < 1.29 is 4.79 Å². The summed E-state index contributed by atoms with van der Waals surface area (Å²) in [5.41, 5.74) is -0.223. The zero-order valence-corrected chi connectivity index (χ0v) is 11.5. The Hall–Kier alpha value is -0.370. The molecule has 2 aliphatic rings. The van der Waals surface area contributed by atoms with Crippen molar-refractivity contribution >= 4 is 5.78 Å². The van der Waals surface area contributed by atoms with Crippen LogP contribution in [-0.4, -0.2) is 29.3 Å². The molecule has 2 heteroatoms. The van der Waals surface area contributed by atoms with Gasteiger partial charge in [-0.25, -0.2) is 0 Å². The number of carbonyl (C=O) groups is 1. The van der Waals surface area contributed by atoms with Crippen molar-refractivity contribution in [3.8, 4) is 0 Å². The molecule has 98 valence electrons. The molecule has 2 nitrogen and oxygen atoms in total. The van der Waals surface area contributed by atoms with E-state index in [0.717, 1.165) is 25.9 Å². The Morgan fingerprint density at radius 3 is 2.00 bits per heavy atom. The molecule has 0 spiro atoms. The van der Waals surface area contributed by atoms with Crippen LogP contribution < -0.4 is 0 Å². The van der Waals surface area contributed by atoms with Crippen LogP contribution in [0.5, 0.6) is 0 Å². The summed E-state index contributed by atoms with van der Waals surface area (Å²) in [4.78, 5) is 15.1. The summed E-state index contributed by atoms with van der Waals surface area (Å²) in [5.74, 6) is 0.866. The maximum atomic E-state index is 12.6. The third kappa shape index (κ3) is 2.90. The van der Waals surface area contributed by atoms with Gasteiger partial charge in [0.05, 0.1) is 5.54 Å². The molecule has 1 saturated carbocycles. The summed E-state index contributed by atoms with van der Waals surface area (Å²) in [6.07, 6.45) is 9.99. The molecule has 1 heterocycles. The van der Waals surface area contributed by atoms with Crippen LogP contribution in [0.3, 0.4) is 0 Å². The number of rotatable bonds is 3. The molecule has 17 heavy (non-hydrogen) atoms. The van der Waals surface area contributed by atoms with Crippen LogP contribution in [0, 0.1) is 5.92 Å². The van der Waals surface area contributed by atoms with Crippen LogP contribution in [0.4, 0.5) is 0 Å². The van der Waals surface area contributed by atoms with Crippen LogP contribution in [0.15, 0.2) is 0 Å². The summed E-state index contributed by atoms with van der Waals surface area (Å²) in [5, 5.41) is 0. The number of ketones is 1. The van der Waals surface area contributed by atoms with Crippen molar-refractivity contribution in [2.24, 2.45) is 5.92 Å². The normalized spacial score (nSPS) is 24.8. The van der Waals surface area contributed by atoms with Gasteiger partial charge in [-0.3, -0.25) is 9.69 Å². The summed E-state index contributed by atoms with van der Waals surface area (Å²) < 4.78 is 0. The summed E-state index contributed by atoms with van der Waals surface area (Å²) in [6, 6.07) is 0. The van der Waals surface area contributed by atoms with Crippen molar-refractivity contribution in [2.45, 2.75) is 70.8 Å². The molecule has 0 aromatic carbocycles. The van der Waals surface area contributed by atoms with Gasteiger partial charge in [-0.15, -0.1) is 0 Å². The Kier molecular flexibility index (Phi) is 4.24.